The number of unbranched alkanes of at least 4 members (excludes halogenated alkanes) is 1. The molecule has 0 spiro atoms. The number of hydrogen-bond acceptors (Lipinski definition) is 4. The van der Waals surface area contributed by atoms with Gasteiger partial charge < -0.3 is 25.0 Å². The van der Waals surface area contributed by atoms with Gasteiger partial charge in [-0.25, -0.2) is 4.79 Å². The first-order chi connectivity index (χ1) is 16.5. The number of fused-ring (bicyclic) bond motifs is 1. The van der Waals surface area contributed by atoms with E-state index in [1.165, 1.54) is 5.56 Å². The number of amides is 3. The quantitative estimate of drug-likeness (QED) is 0.395. The molecular weight excluding hydrogens is 454 g/mol. The van der Waals surface area contributed by atoms with Gasteiger partial charge >= 0.3 is 6.03 Å². The minimum atomic E-state index is -0.412. The van der Waals surface area contributed by atoms with E-state index in [2.05, 4.69) is 10.6 Å². The Morgan fingerprint density at radius 2 is 1.79 bits per heavy atom. The summed E-state index contributed by atoms with van der Waals surface area (Å²) >= 11 is 5.96. The highest BCUT2D eigenvalue weighted by atomic mass is 35.5. The predicted molar refractivity (Wildman–Crippen MR) is 134 cm³/mol. The minimum Gasteiger partial charge on any atom is -0.494 e. The van der Waals surface area contributed by atoms with Crippen molar-refractivity contribution < 1.29 is 19.1 Å². The van der Waals surface area contributed by atoms with E-state index in [0.29, 0.717) is 41.0 Å². The number of benzene rings is 3. The van der Waals surface area contributed by atoms with Gasteiger partial charge in [0.05, 0.1) is 12.3 Å². The van der Waals surface area contributed by atoms with Crippen molar-refractivity contribution in [3.05, 3.63) is 77.3 Å². The van der Waals surface area contributed by atoms with Gasteiger partial charge in [0.25, 0.3) is 5.91 Å². The van der Waals surface area contributed by atoms with E-state index >= 15 is 0 Å². The molecule has 0 atom stereocenters. The summed E-state index contributed by atoms with van der Waals surface area (Å²) in [6, 6.07) is 19.6. The number of carbonyl (C=O) groups excluding carboxylic acids is 2. The van der Waals surface area contributed by atoms with Crippen LogP contribution in [0.15, 0.2) is 66.7 Å². The van der Waals surface area contributed by atoms with Gasteiger partial charge in [-0.15, -0.1) is 0 Å². The molecule has 4 rings (SSSR count). The molecule has 0 aliphatic carbocycles. The van der Waals surface area contributed by atoms with Crippen molar-refractivity contribution in [3.8, 4) is 11.5 Å². The highest BCUT2D eigenvalue weighted by molar-refractivity contribution is 6.30. The largest absolute Gasteiger partial charge is 0.494 e. The van der Waals surface area contributed by atoms with Crippen molar-refractivity contribution in [1.82, 2.24) is 0 Å². The Bertz CT molecular complexity index is 1170. The van der Waals surface area contributed by atoms with E-state index in [1.54, 1.807) is 47.4 Å². The second-order valence-electron chi connectivity index (χ2n) is 7.97. The molecule has 7 nitrogen and oxygen atoms in total. The molecule has 0 aromatic heterocycles. The van der Waals surface area contributed by atoms with E-state index in [0.717, 1.165) is 18.6 Å². The molecule has 3 aromatic carbocycles. The van der Waals surface area contributed by atoms with Crippen molar-refractivity contribution in [2.45, 2.75) is 19.8 Å². The second kappa shape index (κ2) is 10.9. The highest BCUT2D eigenvalue weighted by Gasteiger charge is 2.25. The van der Waals surface area contributed by atoms with E-state index in [1.807, 2.05) is 31.2 Å². The first kappa shape index (κ1) is 23.4. The van der Waals surface area contributed by atoms with Gasteiger partial charge in [-0.2, -0.15) is 0 Å². The highest BCUT2D eigenvalue weighted by Crippen LogP contribution is 2.35. The monoisotopic (exact) mass is 479 g/mol. The van der Waals surface area contributed by atoms with Crippen LogP contribution in [0.1, 0.15) is 18.4 Å². The fourth-order valence-electron chi connectivity index (χ4n) is 3.58. The van der Waals surface area contributed by atoms with E-state index in [9.17, 15) is 9.59 Å². The van der Waals surface area contributed by atoms with Gasteiger partial charge in [0, 0.05) is 22.9 Å². The van der Waals surface area contributed by atoms with Crippen LogP contribution in [0.5, 0.6) is 11.5 Å². The smallest absolute Gasteiger partial charge is 0.323 e. The van der Waals surface area contributed by atoms with Crippen LogP contribution in [-0.4, -0.2) is 31.7 Å². The molecule has 0 unspecified atom stereocenters. The summed E-state index contributed by atoms with van der Waals surface area (Å²) in [4.78, 5) is 26.6. The number of aryl methyl sites for hydroxylation is 1. The lowest BCUT2D eigenvalue weighted by molar-refractivity contribution is -0.121. The van der Waals surface area contributed by atoms with Crippen molar-refractivity contribution in [1.29, 1.82) is 0 Å². The number of anilines is 3. The first-order valence-corrected chi connectivity index (χ1v) is 11.5. The van der Waals surface area contributed by atoms with Gasteiger partial charge in [-0.05, 0) is 68.3 Å². The minimum absolute atomic E-state index is 0.00507. The molecule has 0 saturated carbocycles. The van der Waals surface area contributed by atoms with Crippen LogP contribution in [0.2, 0.25) is 5.02 Å². The molecular formula is C26H26ClN3O4. The zero-order chi connectivity index (χ0) is 23.9. The van der Waals surface area contributed by atoms with Gasteiger partial charge in [-0.3, -0.25) is 4.79 Å². The van der Waals surface area contributed by atoms with Crippen LogP contribution in [0.25, 0.3) is 0 Å². The summed E-state index contributed by atoms with van der Waals surface area (Å²) in [5, 5.41) is 6.05. The van der Waals surface area contributed by atoms with Crippen LogP contribution < -0.4 is 25.0 Å². The van der Waals surface area contributed by atoms with Gasteiger partial charge in [0.15, 0.2) is 6.61 Å². The molecule has 0 fully saturated rings. The SMILES string of the molecule is Cc1ccc(OCCCCN2C(=O)COc3ccc(NC(=O)Nc4cccc(Cl)c4)cc32)cc1. The molecule has 8 heteroatoms. The third-order valence-electron chi connectivity index (χ3n) is 5.31. The number of carbonyl (C=O) groups is 2. The van der Waals surface area contributed by atoms with E-state index in [4.69, 9.17) is 21.1 Å². The topological polar surface area (TPSA) is 79.9 Å². The Kier molecular flexibility index (Phi) is 7.54. The molecule has 176 valence electrons. The molecule has 34 heavy (non-hydrogen) atoms. The molecule has 3 amide bonds. The van der Waals surface area contributed by atoms with Crippen LogP contribution in [0, 0.1) is 6.92 Å². The van der Waals surface area contributed by atoms with Crippen molar-refractivity contribution in [3.63, 3.8) is 0 Å². The summed E-state index contributed by atoms with van der Waals surface area (Å²) < 4.78 is 11.3. The molecule has 1 heterocycles. The fourth-order valence-corrected chi connectivity index (χ4v) is 3.77. The maximum absolute atomic E-state index is 12.5. The third-order valence-corrected chi connectivity index (χ3v) is 5.54. The predicted octanol–water partition coefficient (Wildman–Crippen LogP) is 5.88. The lowest BCUT2D eigenvalue weighted by Gasteiger charge is -2.30. The maximum Gasteiger partial charge on any atom is 0.323 e. The van der Waals surface area contributed by atoms with Gasteiger partial charge in [-0.1, -0.05) is 35.4 Å². The molecule has 0 bridgehead atoms. The Balaban J connectivity index is 1.34. The maximum atomic E-state index is 12.5. The third kappa shape index (κ3) is 6.20. The summed E-state index contributed by atoms with van der Waals surface area (Å²) in [5.41, 5.74) is 2.95. The van der Waals surface area contributed by atoms with E-state index in [-0.39, 0.29) is 12.5 Å². The first-order valence-electron chi connectivity index (χ1n) is 11.1. The normalized spacial score (nSPS) is 12.5. The van der Waals surface area contributed by atoms with E-state index < -0.39 is 6.03 Å². The number of halogens is 1. The molecule has 2 N–H and O–H groups in total. The van der Waals surface area contributed by atoms with Gasteiger partial charge in [0.1, 0.15) is 11.5 Å². The van der Waals surface area contributed by atoms with Crippen LogP contribution >= 0.6 is 11.6 Å². The van der Waals surface area contributed by atoms with Crippen molar-refractivity contribution in [2.75, 3.05) is 35.3 Å². The molecule has 0 radical (unpaired) electrons. The Morgan fingerprint density at radius 3 is 2.56 bits per heavy atom. The van der Waals surface area contributed by atoms with Crippen molar-refractivity contribution in [2.24, 2.45) is 0 Å². The number of rotatable bonds is 8. The summed E-state index contributed by atoms with van der Waals surface area (Å²) in [5.74, 6) is 1.33. The molecule has 1 aliphatic heterocycles. The Morgan fingerprint density at radius 1 is 1.03 bits per heavy atom. The number of nitrogens with one attached hydrogen (secondary N) is 2. The molecule has 1 aliphatic rings. The fraction of sp³-hybridized carbons (Fsp3) is 0.231. The average molecular weight is 480 g/mol. The van der Waals surface area contributed by atoms with Crippen LogP contribution in [-0.2, 0) is 4.79 Å². The Hall–Kier alpha value is -3.71. The lowest BCUT2D eigenvalue weighted by atomic mass is 10.2. The Labute approximate surface area is 203 Å². The number of urea groups is 1. The number of ether oxygens (including phenoxy) is 2. The summed E-state index contributed by atoms with van der Waals surface area (Å²) in [6.45, 7) is 3.13. The number of hydrogen-bond donors (Lipinski definition) is 2. The van der Waals surface area contributed by atoms with Gasteiger partial charge in [0.2, 0.25) is 0 Å². The number of nitrogens with zero attached hydrogens (tertiary/aromatic N) is 1. The summed E-state index contributed by atoms with van der Waals surface area (Å²) in [7, 11) is 0. The summed E-state index contributed by atoms with van der Waals surface area (Å²) in [6.07, 6.45) is 1.57. The zero-order valence-corrected chi connectivity index (χ0v) is 19.6. The molecule has 3 aromatic rings. The van der Waals surface area contributed by atoms with Crippen LogP contribution in [0.3, 0.4) is 0 Å². The standard InChI is InChI=1S/C26H26ClN3O4/c1-18-7-10-22(11-8-18)33-14-3-2-13-30-23-16-21(9-12-24(23)34-17-25(30)31)29-26(32)28-20-6-4-5-19(27)15-20/h4-12,15-16H,2-3,13-14,17H2,1H3,(H2,28,29,32). The van der Waals surface area contributed by atoms with Crippen molar-refractivity contribution >= 4 is 40.6 Å². The lowest BCUT2D eigenvalue weighted by Crippen LogP contribution is -2.39. The van der Waals surface area contributed by atoms with Crippen LogP contribution in [0.4, 0.5) is 21.9 Å². The zero-order valence-electron chi connectivity index (χ0n) is 18.8. The average Bonchev–Trinajstić information content (AvgIpc) is 2.81. The molecule has 0 saturated heterocycles. The second-order valence-corrected chi connectivity index (χ2v) is 8.41.